The number of fused-ring (bicyclic) bond motifs is 1. The lowest BCUT2D eigenvalue weighted by Crippen LogP contribution is -2.39. The van der Waals surface area contributed by atoms with Gasteiger partial charge >= 0.3 is 0 Å². The Morgan fingerprint density at radius 1 is 1.40 bits per heavy atom. The molecule has 110 valence electrons. The highest BCUT2D eigenvalue weighted by Crippen LogP contribution is 2.33. The predicted molar refractivity (Wildman–Crippen MR) is 84.8 cm³/mol. The lowest BCUT2D eigenvalue weighted by atomic mass is 9.94. The Morgan fingerprint density at radius 3 is 2.90 bits per heavy atom. The summed E-state index contributed by atoms with van der Waals surface area (Å²) in [4.78, 5) is 14.8. The smallest absolute Gasteiger partial charge is 0.230 e. The van der Waals surface area contributed by atoms with Crippen LogP contribution in [-0.2, 0) is 11.2 Å². The zero-order valence-corrected chi connectivity index (χ0v) is 12.7. The summed E-state index contributed by atoms with van der Waals surface area (Å²) < 4.78 is 0. The zero-order chi connectivity index (χ0) is 14.5. The van der Waals surface area contributed by atoms with Crippen LogP contribution in [0.25, 0.3) is 0 Å². The molecule has 0 radical (unpaired) electrons. The lowest BCUT2D eigenvalue weighted by molar-refractivity contribution is -0.122. The first-order valence-electron chi connectivity index (χ1n) is 7.87. The molecule has 0 aromatic heterocycles. The monoisotopic (exact) mass is 274 g/mol. The van der Waals surface area contributed by atoms with Gasteiger partial charge in [-0.05, 0) is 43.4 Å². The fourth-order valence-corrected chi connectivity index (χ4v) is 3.05. The summed E-state index contributed by atoms with van der Waals surface area (Å²) in [6.07, 6.45) is 6.19. The fourth-order valence-electron chi connectivity index (χ4n) is 3.05. The standard InChI is InChI=1S/C17H26N2O/c1-3-5-8-13(4-2)17(20)19-12-7-9-14-15(18)10-6-11-16(14)19/h6,10-11,13H,3-5,7-9,12,18H2,1-2H3. The normalized spacial score (nSPS) is 15.8. The van der Waals surface area contributed by atoms with Crippen molar-refractivity contribution in [3.63, 3.8) is 0 Å². The Balaban J connectivity index is 2.22. The van der Waals surface area contributed by atoms with Gasteiger partial charge in [-0.3, -0.25) is 4.79 Å². The van der Waals surface area contributed by atoms with Crippen molar-refractivity contribution in [3.05, 3.63) is 23.8 Å². The lowest BCUT2D eigenvalue weighted by Gasteiger charge is -2.33. The largest absolute Gasteiger partial charge is 0.398 e. The predicted octanol–water partition coefficient (Wildman–Crippen LogP) is 3.76. The van der Waals surface area contributed by atoms with E-state index in [4.69, 9.17) is 5.73 Å². The van der Waals surface area contributed by atoms with E-state index in [0.29, 0.717) is 0 Å². The molecule has 1 atom stereocenters. The molecule has 20 heavy (non-hydrogen) atoms. The number of hydrogen-bond acceptors (Lipinski definition) is 2. The second-order valence-corrected chi connectivity index (χ2v) is 5.69. The number of nitrogens with zero attached hydrogens (tertiary/aromatic N) is 1. The first kappa shape index (κ1) is 14.9. The highest BCUT2D eigenvalue weighted by molar-refractivity contribution is 5.96. The van der Waals surface area contributed by atoms with Gasteiger partial charge in [0.05, 0.1) is 0 Å². The van der Waals surface area contributed by atoms with E-state index in [1.165, 1.54) is 0 Å². The van der Waals surface area contributed by atoms with Gasteiger partial charge in [0, 0.05) is 23.8 Å². The molecule has 0 fully saturated rings. The Hall–Kier alpha value is -1.51. The summed E-state index contributed by atoms with van der Waals surface area (Å²) in [5.41, 5.74) is 9.06. The quantitative estimate of drug-likeness (QED) is 0.831. The molecule has 1 amide bonds. The van der Waals surface area contributed by atoms with E-state index in [2.05, 4.69) is 13.8 Å². The number of nitrogens with two attached hydrogens (primary N) is 1. The van der Waals surface area contributed by atoms with Crippen LogP contribution in [0.1, 0.15) is 51.5 Å². The molecule has 0 saturated carbocycles. The molecule has 0 bridgehead atoms. The van der Waals surface area contributed by atoms with E-state index in [1.807, 2.05) is 23.1 Å². The highest BCUT2D eigenvalue weighted by atomic mass is 16.2. The van der Waals surface area contributed by atoms with Gasteiger partial charge in [0.1, 0.15) is 0 Å². The molecule has 1 aromatic rings. The minimum absolute atomic E-state index is 0.155. The SMILES string of the molecule is CCCCC(CC)C(=O)N1CCCc2c(N)cccc21. The van der Waals surface area contributed by atoms with Crippen molar-refractivity contribution < 1.29 is 4.79 Å². The third kappa shape index (κ3) is 2.97. The molecule has 0 spiro atoms. The van der Waals surface area contributed by atoms with Gasteiger partial charge in [0.2, 0.25) is 5.91 Å². The van der Waals surface area contributed by atoms with Crippen LogP contribution in [0.5, 0.6) is 0 Å². The Bertz CT molecular complexity index is 470. The van der Waals surface area contributed by atoms with Crippen molar-refractivity contribution in [3.8, 4) is 0 Å². The van der Waals surface area contributed by atoms with Gasteiger partial charge in [0.25, 0.3) is 0 Å². The topological polar surface area (TPSA) is 46.3 Å². The molecule has 2 N–H and O–H groups in total. The second-order valence-electron chi connectivity index (χ2n) is 5.69. The minimum Gasteiger partial charge on any atom is -0.398 e. The maximum atomic E-state index is 12.8. The van der Waals surface area contributed by atoms with Gasteiger partial charge in [-0.2, -0.15) is 0 Å². The molecule has 0 saturated heterocycles. The van der Waals surface area contributed by atoms with Crippen LogP contribution in [-0.4, -0.2) is 12.5 Å². The van der Waals surface area contributed by atoms with E-state index in [1.54, 1.807) is 0 Å². The molecule has 1 unspecified atom stereocenters. The Labute approximate surface area is 122 Å². The molecule has 0 aliphatic carbocycles. The average Bonchev–Trinajstić information content (AvgIpc) is 2.48. The molecule has 1 heterocycles. The van der Waals surface area contributed by atoms with Crippen molar-refractivity contribution in [2.24, 2.45) is 5.92 Å². The molecular weight excluding hydrogens is 248 g/mol. The number of carbonyl (C=O) groups is 1. The molecule has 3 nitrogen and oxygen atoms in total. The fraction of sp³-hybridized carbons (Fsp3) is 0.588. The third-order valence-corrected chi connectivity index (χ3v) is 4.30. The van der Waals surface area contributed by atoms with E-state index >= 15 is 0 Å². The summed E-state index contributed by atoms with van der Waals surface area (Å²) in [6, 6.07) is 5.92. The van der Waals surface area contributed by atoms with Crippen molar-refractivity contribution in [1.82, 2.24) is 0 Å². The number of anilines is 2. The Morgan fingerprint density at radius 2 is 2.20 bits per heavy atom. The van der Waals surface area contributed by atoms with Crippen LogP contribution in [0.2, 0.25) is 0 Å². The van der Waals surface area contributed by atoms with Gasteiger partial charge in [-0.15, -0.1) is 0 Å². The maximum Gasteiger partial charge on any atom is 0.230 e. The summed E-state index contributed by atoms with van der Waals surface area (Å²) in [5.74, 6) is 0.440. The summed E-state index contributed by atoms with van der Waals surface area (Å²) in [7, 11) is 0. The average molecular weight is 274 g/mol. The van der Waals surface area contributed by atoms with E-state index < -0.39 is 0 Å². The number of rotatable bonds is 5. The number of benzene rings is 1. The van der Waals surface area contributed by atoms with Crippen LogP contribution >= 0.6 is 0 Å². The van der Waals surface area contributed by atoms with Crippen molar-refractivity contribution in [1.29, 1.82) is 0 Å². The van der Waals surface area contributed by atoms with Crippen molar-refractivity contribution in [2.75, 3.05) is 17.2 Å². The Kier molecular flexibility index (Phi) is 5.05. The van der Waals surface area contributed by atoms with Crippen LogP contribution in [0.3, 0.4) is 0 Å². The molecule has 1 aliphatic rings. The number of hydrogen-bond donors (Lipinski definition) is 1. The van der Waals surface area contributed by atoms with Crippen molar-refractivity contribution in [2.45, 2.75) is 52.4 Å². The van der Waals surface area contributed by atoms with Crippen LogP contribution < -0.4 is 10.6 Å². The van der Waals surface area contributed by atoms with Gasteiger partial charge in [-0.1, -0.05) is 32.8 Å². The number of amides is 1. The second kappa shape index (κ2) is 6.78. The van der Waals surface area contributed by atoms with Gasteiger partial charge in [-0.25, -0.2) is 0 Å². The van der Waals surface area contributed by atoms with Crippen LogP contribution in [0, 0.1) is 5.92 Å². The first-order chi connectivity index (χ1) is 9.69. The number of nitrogen functional groups attached to an aromatic ring is 1. The van der Waals surface area contributed by atoms with E-state index in [0.717, 1.165) is 62.0 Å². The number of unbranched alkanes of at least 4 members (excludes halogenated alkanes) is 1. The maximum absolute atomic E-state index is 12.8. The molecular formula is C17H26N2O. The number of carbonyl (C=O) groups excluding carboxylic acids is 1. The minimum atomic E-state index is 0.155. The molecule has 3 heteroatoms. The van der Waals surface area contributed by atoms with Gasteiger partial charge < -0.3 is 10.6 Å². The summed E-state index contributed by atoms with van der Waals surface area (Å²) in [5, 5.41) is 0. The van der Waals surface area contributed by atoms with E-state index in [9.17, 15) is 4.79 Å². The third-order valence-electron chi connectivity index (χ3n) is 4.30. The first-order valence-corrected chi connectivity index (χ1v) is 7.87. The molecule has 1 aromatic carbocycles. The zero-order valence-electron chi connectivity index (χ0n) is 12.7. The molecule has 2 rings (SSSR count). The summed E-state index contributed by atoms with van der Waals surface area (Å²) >= 11 is 0. The molecule has 1 aliphatic heterocycles. The van der Waals surface area contributed by atoms with Crippen molar-refractivity contribution >= 4 is 17.3 Å². The van der Waals surface area contributed by atoms with Crippen LogP contribution in [0.15, 0.2) is 18.2 Å². The highest BCUT2D eigenvalue weighted by Gasteiger charge is 2.28. The van der Waals surface area contributed by atoms with Gasteiger partial charge in [0.15, 0.2) is 0 Å². The van der Waals surface area contributed by atoms with Crippen LogP contribution in [0.4, 0.5) is 11.4 Å². The van der Waals surface area contributed by atoms with E-state index in [-0.39, 0.29) is 11.8 Å². The summed E-state index contributed by atoms with van der Waals surface area (Å²) in [6.45, 7) is 5.12.